The van der Waals surface area contributed by atoms with Crippen molar-refractivity contribution in [1.29, 1.82) is 0 Å². The first-order valence-electron chi connectivity index (χ1n) is 7.06. The molecule has 0 aliphatic carbocycles. The fraction of sp³-hybridized carbons (Fsp3) is 0.625. The number of benzene rings is 1. The highest BCUT2D eigenvalue weighted by Gasteiger charge is 2.16. The second-order valence-electron chi connectivity index (χ2n) is 5.21. The summed E-state index contributed by atoms with van der Waals surface area (Å²) in [4.78, 5) is 0. The summed E-state index contributed by atoms with van der Waals surface area (Å²) in [5.41, 5.74) is 2.51. The zero-order valence-corrected chi connectivity index (χ0v) is 12.8. The molecule has 0 saturated heterocycles. The van der Waals surface area contributed by atoms with E-state index in [1.165, 1.54) is 24.0 Å². The van der Waals surface area contributed by atoms with E-state index in [9.17, 15) is 0 Å². The Bertz CT molecular complexity index is 362. The van der Waals surface area contributed by atoms with E-state index in [0.29, 0.717) is 12.0 Å². The molecule has 1 nitrogen and oxygen atoms in total. The van der Waals surface area contributed by atoms with Gasteiger partial charge >= 0.3 is 0 Å². The van der Waals surface area contributed by atoms with Crippen LogP contribution in [0.2, 0.25) is 5.02 Å². The fourth-order valence-corrected chi connectivity index (χ4v) is 2.63. The topological polar surface area (TPSA) is 12.0 Å². The van der Waals surface area contributed by atoms with Crippen molar-refractivity contribution in [3.8, 4) is 0 Å². The minimum Gasteiger partial charge on any atom is -0.314 e. The van der Waals surface area contributed by atoms with Gasteiger partial charge in [-0.15, -0.1) is 0 Å². The Hall–Kier alpha value is -0.530. The zero-order chi connectivity index (χ0) is 13.5. The molecular formula is C16H26ClN. The normalized spacial score (nSPS) is 14.5. The average molecular weight is 268 g/mol. The Morgan fingerprint density at radius 1 is 1.28 bits per heavy atom. The molecule has 1 N–H and O–H groups in total. The molecule has 102 valence electrons. The maximum absolute atomic E-state index is 6.32. The van der Waals surface area contributed by atoms with E-state index in [1.807, 2.05) is 0 Å². The monoisotopic (exact) mass is 267 g/mol. The molecule has 0 aromatic heterocycles. The Morgan fingerprint density at radius 2 is 2.00 bits per heavy atom. The van der Waals surface area contributed by atoms with Crippen LogP contribution < -0.4 is 5.32 Å². The molecule has 18 heavy (non-hydrogen) atoms. The molecule has 2 heteroatoms. The lowest BCUT2D eigenvalue weighted by atomic mass is 9.90. The van der Waals surface area contributed by atoms with Gasteiger partial charge in [0, 0.05) is 11.1 Å². The minimum atomic E-state index is 0.548. The molecule has 1 aromatic rings. The van der Waals surface area contributed by atoms with Gasteiger partial charge < -0.3 is 5.32 Å². The van der Waals surface area contributed by atoms with Gasteiger partial charge in [0.15, 0.2) is 0 Å². The fourth-order valence-electron chi connectivity index (χ4n) is 2.31. The van der Waals surface area contributed by atoms with E-state index < -0.39 is 0 Å². The molecule has 0 aliphatic rings. The van der Waals surface area contributed by atoms with Crippen LogP contribution in [-0.4, -0.2) is 12.6 Å². The second kappa shape index (κ2) is 7.81. The van der Waals surface area contributed by atoms with Crippen LogP contribution in [0.25, 0.3) is 0 Å². The summed E-state index contributed by atoms with van der Waals surface area (Å²) in [6.45, 7) is 9.93. The molecule has 0 aliphatic heterocycles. The summed E-state index contributed by atoms with van der Waals surface area (Å²) in [5.74, 6) is 0.650. The van der Waals surface area contributed by atoms with Crippen LogP contribution in [0.3, 0.4) is 0 Å². The number of rotatable bonds is 7. The van der Waals surface area contributed by atoms with Crippen LogP contribution in [0.4, 0.5) is 0 Å². The van der Waals surface area contributed by atoms with Crippen molar-refractivity contribution in [1.82, 2.24) is 5.32 Å². The number of hydrogen-bond acceptors (Lipinski definition) is 1. The van der Waals surface area contributed by atoms with Gasteiger partial charge in [-0.1, -0.05) is 44.0 Å². The average Bonchev–Trinajstić information content (AvgIpc) is 2.35. The summed E-state index contributed by atoms with van der Waals surface area (Å²) in [5, 5.41) is 4.50. The molecule has 0 radical (unpaired) electrons. The van der Waals surface area contributed by atoms with E-state index in [-0.39, 0.29) is 0 Å². The van der Waals surface area contributed by atoms with Crippen molar-refractivity contribution in [2.45, 2.75) is 53.0 Å². The second-order valence-corrected chi connectivity index (χ2v) is 5.62. The maximum Gasteiger partial charge on any atom is 0.0440 e. The highest BCUT2D eigenvalue weighted by Crippen LogP contribution is 2.23. The quantitative estimate of drug-likeness (QED) is 0.761. The van der Waals surface area contributed by atoms with Crippen LogP contribution >= 0.6 is 11.6 Å². The van der Waals surface area contributed by atoms with Crippen molar-refractivity contribution in [3.63, 3.8) is 0 Å². The van der Waals surface area contributed by atoms with Crippen molar-refractivity contribution in [2.24, 2.45) is 5.92 Å². The lowest BCUT2D eigenvalue weighted by molar-refractivity contribution is 0.362. The van der Waals surface area contributed by atoms with Crippen molar-refractivity contribution < 1.29 is 0 Å². The zero-order valence-electron chi connectivity index (χ0n) is 12.1. The van der Waals surface area contributed by atoms with E-state index in [0.717, 1.165) is 18.0 Å². The molecule has 2 unspecified atom stereocenters. The third kappa shape index (κ3) is 4.62. The maximum atomic E-state index is 6.32. The van der Waals surface area contributed by atoms with Crippen LogP contribution in [0.1, 0.15) is 44.7 Å². The van der Waals surface area contributed by atoms with Gasteiger partial charge in [0.2, 0.25) is 0 Å². The third-order valence-electron chi connectivity index (χ3n) is 3.64. The van der Waals surface area contributed by atoms with Crippen LogP contribution in [0.5, 0.6) is 0 Å². The van der Waals surface area contributed by atoms with E-state index in [4.69, 9.17) is 11.6 Å². The molecular weight excluding hydrogens is 242 g/mol. The predicted octanol–water partition coefficient (Wildman–Crippen LogP) is 4.61. The van der Waals surface area contributed by atoms with Gasteiger partial charge in [-0.25, -0.2) is 0 Å². The summed E-state index contributed by atoms with van der Waals surface area (Å²) in [6, 6.07) is 6.94. The highest BCUT2D eigenvalue weighted by molar-refractivity contribution is 6.31. The van der Waals surface area contributed by atoms with Gasteiger partial charge in [0.25, 0.3) is 0 Å². The number of aryl methyl sites for hydroxylation is 1. The SMILES string of the molecule is CCCNC(C)C(CC)Cc1ccc(C)cc1Cl. The Balaban J connectivity index is 2.67. The van der Waals surface area contributed by atoms with Crippen LogP contribution in [-0.2, 0) is 6.42 Å². The predicted molar refractivity (Wildman–Crippen MR) is 81.4 cm³/mol. The molecule has 2 atom stereocenters. The summed E-state index contributed by atoms with van der Waals surface area (Å²) < 4.78 is 0. The molecule has 0 amide bonds. The lowest BCUT2D eigenvalue weighted by Gasteiger charge is -2.24. The van der Waals surface area contributed by atoms with E-state index in [2.05, 4.69) is 51.2 Å². The molecule has 0 heterocycles. The Morgan fingerprint density at radius 3 is 2.56 bits per heavy atom. The number of nitrogens with one attached hydrogen (secondary N) is 1. The van der Waals surface area contributed by atoms with Crippen molar-refractivity contribution in [2.75, 3.05) is 6.54 Å². The van der Waals surface area contributed by atoms with Gasteiger partial charge in [-0.2, -0.15) is 0 Å². The Kier molecular flexibility index (Phi) is 6.73. The first-order chi connectivity index (χ1) is 8.58. The van der Waals surface area contributed by atoms with Crippen molar-refractivity contribution >= 4 is 11.6 Å². The standard InChI is InChI=1S/C16H26ClN/c1-5-9-18-13(4)14(6-2)11-15-8-7-12(3)10-16(15)17/h7-8,10,13-14,18H,5-6,9,11H2,1-4H3. The summed E-state index contributed by atoms with van der Waals surface area (Å²) in [7, 11) is 0. The molecule has 0 bridgehead atoms. The number of hydrogen-bond donors (Lipinski definition) is 1. The first kappa shape index (κ1) is 15.5. The summed E-state index contributed by atoms with van der Waals surface area (Å²) >= 11 is 6.32. The van der Waals surface area contributed by atoms with Gasteiger partial charge in [-0.3, -0.25) is 0 Å². The third-order valence-corrected chi connectivity index (χ3v) is 3.99. The van der Waals surface area contributed by atoms with Crippen LogP contribution in [0.15, 0.2) is 18.2 Å². The highest BCUT2D eigenvalue weighted by atomic mass is 35.5. The summed E-state index contributed by atoms with van der Waals surface area (Å²) in [6.07, 6.45) is 3.43. The van der Waals surface area contributed by atoms with Crippen LogP contribution in [0, 0.1) is 12.8 Å². The van der Waals surface area contributed by atoms with Gasteiger partial charge in [-0.05, 0) is 56.3 Å². The number of halogens is 1. The van der Waals surface area contributed by atoms with Gasteiger partial charge in [0.1, 0.15) is 0 Å². The lowest BCUT2D eigenvalue weighted by Crippen LogP contribution is -2.34. The molecule has 0 spiro atoms. The molecule has 0 saturated carbocycles. The first-order valence-corrected chi connectivity index (χ1v) is 7.44. The smallest absolute Gasteiger partial charge is 0.0440 e. The van der Waals surface area contributed by atoms with Crippen molar-refractivity contribution in [3.05, 3.63) is 34.3 Å². The molecule has 1 rings (SSSR count). The Labute approximate surface area is 117 Å². The minimum absolute atomic E-state index is 0.548. The molecule has 0 fully saturated rings. The van der Waals surface area contributed by atoms with E-state index in [1.54, 1.807) is 0 Å². The largest absolute Gasteiger partial charge is 0.314 e. The van der Waals surface area contributed by atoms with E-state index >= 15 is 0 Å². The van der Waals surface area contributed by atoms with Gasteiger partial charge in [0.05, 0.1) is 0 Å². The molecule has 1 aromatic carbocycles.